The molecule has 4 nitrogen and oxygen atoms in total. The second-order valence-electron chi connectivity index (χ2n) is 3.07. The van der Waals surface area contributed by atoms with E-state index in [0.29, 0.717) is 0 Å². The summed E-state index contributed by atoms with van der Waals surface area (Å²) < 4.78 is 78.2. The van der Waals surface area contributed by atoms with Crippen LogP contribution in [0, 0.1) is 0 Å². The van der Waals surface area contributed by atoms with E-state index in [9.17, 15) is 35.9 Å². The van der Waals surface area contributed by atoms with Crippen LogP contribution in [-0.2, 0) is 14.3 Å². The number of rotatable bonds is 2. The Labute approximate surface area is 99.4 Å². The van der Waals surface area contributed by atoms with Gasteiger partial charge in [0.25, 0.3) is 0 Å². The number of aliphatic imine (C=N–C) groups is 1. The van der Waals surface area contributed by atoms with Crippen molar-refractivity contribution < 1.29 is 40.7 Å². The van der Waals surface area contributed by atoms with Crippen molar-refractivity contribution in [1.82, 2.24) is 0 Å². The number of halogens is 6. The van der Waals surface area contributed by atoms with Gasteiger partial charge in [-0.2, -0.15) is 26.3 Å². The van der Waals surface area contributed by atoms with Crippen LogP contribution in [0.3, 0.4) is 0 Å². The molecule has 0 bridgehead atoms. The van der Waals surface area contributed by atoms with Crippen LogP contribution in [0.1, 0.15) is 0 Å². The molecular formula is C7H3F6NO3S. The fourth-order valence-corrected chi connectivity index (χ4v) is 2.21. The monoisotopic (exact) mass is 295 g/mol. The molecule has 1 heterocycles. The summed E-state index contributed by atoms with van der Waals surface area (Å²) in [5.74, 6) is -1.73. The highest BCUT2D eigenvalue weighted by Gasteiger charge is 2.78. The van der Waals surface area contributed by atoms with Gasteiger partial charge in [-0.1, -0.05) is 11.8 Å². The van der Waals surface area contributed by atoms with Crippen LogP contribution in [0.5, 0.6) is 0 Å². The zero-order valence-electron chi connectivity index (χ0n) is 8.13. The average molecular weight is 295 g/mol. The molecule has 1 saturated heterocycles. The van der Waals surface area contributed by atoms with Crippen LogP contribution >= 0.6 is 11.8 Å². The molecule has 0 N–H and O–H groups in total. The second kappa shape index (κ2) is 4.47. The van der Waals surface area contributed by atoms with Gasteiger partial charge < -0.3 is 4.74 Å². The second-order valence-corrected chi connectivity index (χ2v) is 4.45. The Bertz CT molecular complexity index is 385. The zero-order valence-corrected chi connectivity index (χ0v) is 8.95. The Hall–Kier alpha value is -1.22. The van der Waals surface area contributed by atoms with Gasteiger partial charge in [0, 0.05) is 0 Å². The Balaban J connectivity index is 3.12. The van der Waals surface area contributed by atoms with Gasteiger partial charge in [-0.3, -0.25) is 4.79 Å². The zero-order chi connectivity index (χ0) is 14.2. The lowest BCUT2D eigenvalue weighted by molar-refractivity contribution is -0.327. The Morgan fingerprint density at radius 1 is 1.28 bits per heavy atom. The number of carbonyl (C=O) groups excluding carboxylic acids is 2. The summed E-state index contributed by atoms with van der Waals surface area (Å²) in [6, 6.07) is 0. The molecule has 0 aromatic rings. The predicted octanol–water partition coefficient (Wildman–Crippen LogP) is 1.80. The molecule has 1 fully saturated rings. The summed E-state index contributed by atoms with van der Waals surface area (Å²) in [4.78, 5) is 18.8. The average Bonchev–Trinajstić information content (AvgIpc) is 2.52. The van der Waals surface area contributed by atoms with E-state index in [4.69, 9.17) is 0 Å². The normalized spacial score (nSPS) is 23.4. The van der Waals surface area contributed by atoms with Gasteiger partial charge in [0.2, 0.25) is 6.08 Å². The van der Waals surface area contributed by atoms with Crippen LogP contribution < -0.4 is 0 Å². The van der Waals surface area contributed by atoms with Crippen LogP contribution in [0.4, 0.5) is 26.3 Å². The van der Waals surface area contributed by atoms with E-state index < -0.39 is 46.8 Å². The van der Waals surface area contributed by atoms with E-state index in [1.54, 1.807) is 0 Å². The van der Waals surface area contributed by atoms with Gasteiger partial charge in [0.15, 0.2) is 0 Å². The van der Waals surface area contributed by atoms with Gasteiger partial charge in [-0.25, -0.2) is 9.79 Å². The Kier molecular flexibility index (Phi) is 3.68. The highest BCUT2D eigenvalue weighted by atomic mass is 32.2. The summed E-state index contributed by atoms with van der Waals surface area (Å²) in [5, 5.41) is -1.85. The molecule has 0 aromatic carbocycles. The number of nitrogens with zero attached hydrogens (tertiary/aromatic N) is 1. The van der Waals surface area contributed by atoms with Crippen molar-refractivity contribution in [2.75, 3.05) is 6.54 Å². The van der Waals surface area contributed by atoms with Crippen molar-refractivity contribution in [3.63, 3.8) is 0 Å². The maximum Gasteiger partial charge on any atom is 0.448 e. The number of cyclic esters (lactones) is 1. The van der Waals surface area contributed by atoms with Gasteiger partial charge >= 0.3 is 23.3 Å². The number of hydrogen-bond donors (Lipinski definition) is 0. The fraction of sp³-hybridized carbons (Fsp3) is 0.714. The maximum atomic E-state index is 12.5. The summed E-state index contributed by atoms with van der Waals surface area (Å²) in [5.41, 5.74) is 0. The smallest absolute Gasteiger partial charge is 0.428 e. The van der Waals surface area contributed by atoms with Crippen molar-refractivity contribution in [3.05, 3.63) is 0 Å². The number of ether oxygens (including phenoxy) is 1. The van der Waals surface area contributed by atoms with Gasteiger partial charge in [-0.05, 0) is 0 Å². The highest BCUT2D eigenvalue weighted by molar-refractivity contribution is 8.02. The molecule has 0 radical (unpaired) electrons. The van der Waals surface area contributed by atoms with Crippen LogP contribution in [0.15, 0.2) is 4.99 Å². The quantitative estimate of drug-likeness (QED) is 0.337. The molecule has 0 amide bonds. The van der Waals surface area contributed by atoms with E-state index in [2.05, 4.69) is 9.73 Å². The summed E-state index contributed by atoms with van der Waals surface area (Å²) >= 11 is -0.774. The van der Waals surface area contributed by atoms with Crippen molar-refractivity contribution >= 4 is 23.8 Å². The van der Waals surface area contributed by atoms with E-state index in [1.165, 1.54) is 0 Å². The molecule has 0 saturated carbocycles. The van der Waals surface area contributed by atoms with Crippen molar-refractivity contribution in [2.24, 2.45) is 4.99 Å². The third-order valence-electron chi connectivity index (χ3n) is 1.88. The lowest BCUT2D eigenvalue weighted by Gasteiger charge is -2.30. The van der Waals surface area contributed by atoms with E-state index >= 15 is 0 Å². The van der Waals surface area contributed by atoms with Crippen LogP contribution in [0.25, 0.3) is 0 Å². The molecule has 1 rings (SSSR count). The number of esters is 1. The van der Waals surface area contributed by atoms with E-state index in [1.807, 2.05) is 0 Å². The molecule has 0 aliphatic carbocycles. The first-order valence-electron chi connectivity index (χ1n) is 4.13. The Morgan fingerprint density at radius 3 is 2.11 bits per heavy atom. The molecule has 0 aromatic heterocycles. The molecule has 1 aliphatic heterocycles. The number of alkyl halides is 6. The topological polar surface area (TPSA) is 55.7 Å². The molecule has 0 spiro atoms. The lowest BCUT2D eigenvalue weighted by Crippen LogP contribution is -2.54. The lowest BCUT2D eigenvalue weighted by atomic mass is 10.3. The minimum Gasteiger partial charge on any atom is -0.428 e. The first-order valence-corrected chi connectivity index (χ1v) is 5.01. The molecule has 1 aliphatic rings. The first kappa shape index (κ1) is 14.8. The summed E-state index contributed by atoms with van der Waals surface area (Å²) in [6.07, 6.45) is -10.7. The Morgan fingerprint density at radius 2 is 1.78 bits per heavy atom. The van der Waals surface area contributed by atoms with Crippen molar-refractivity contribution in [2.45, 2.75) is 22.5 Å². The van der Waals surface area contributed by atoms with Crippen molar-refractivity contribution in [1.29, 1.82) is 0 Å². The van der Waals surface area contributed by atoms with Crippen LogP contribution in [0.2, 0.25) is 0 Å². The van der Waals surface area contributed by atoms with Gasteiger partial charge in [0.1, 0.15) is 5.25 Å². The molecular weight excluding hydrogens is 292 g/mol. The van der Waals surface area contributed by atoms with E-state index in [-0.39, 0.29) is 0 Å². The molecule has 102 valence electrons. The number of carbonyl (C=O) groups is 1. The van der Waals surface area contributed by atoms with Gasteiger partial charge in [0.05, 0.1) is 6.54 Å². The number of thioether (sulfide) groups is 1. The fourth-order valence-electron chi connectivity index (χ4n) is 1.12. The minimum absolute atomic E-state index is 0.774. The van der Waals surface area contributed by atoms with E-state index in [0.717, 1.165) is 6.08 Å². The maximum absolute atomic E-state index is 12.5. The third kappa shape index (κ3) is 2.32. The minimum atomic E-state index is -5.83. The summed E-state index contributed by atoms with van der Waals surface area (Å²) in [6.45, 7) is -0.860. The largest absolute Gasteiger partial charge is 0.448 e. The molecule has 11 heteroatoms. The third-order valence-corrected chi connectivity index (χ3v) is 3.39. The standard InChI is InChI=1S/C7H3F6NO3S/c8-6(9,10)5(7(11,12)13)17-4(16)3(18-5)1-14-2-15/h3H,1H2. The van der Waals surface area contributed by atoms with Crippen LogP contribution in [-0.4, -0.2) is 41.1 Å². The molecule has 1 unspecified atom stereocenters. The number of isocyanates is 1. The summed E-state index contributed by atoms with van der Waals surface area (Å²) in [7, 11) is 0. The predicted molar refractivity (Wildman–Crippen MR) is 45.3 cm³/mol. The SMILES string of the molecule is O=C=NCC1SC(C(F)(F)F)(C(F)(F)F)OC1=O. The number of hydrogen-bond acceptors (Lipinski definition) is 5. The molecule has 18 heavy (non-hydrogen) atoms. The first-order chi connectivity index (χ1) is 8.05. The highest BCUT2D eigenvalue weighted by Crippen LogP contribution is 2.57. The molecule has 1 atom stereocenters. The van der Waals surface area contributed by atoms with Gasteiger partial charge in [-0.15, -0.1) is 0 Å². The van der Waals surface area contributed by atoms with Crippen molar-refractivity contribution in [3.8, 4) is 0 Å².